The lowest BCUT2D eigenvalue weighted by atomic mass is 10.0. The highest BCUT2D eigenvalue weighted by atomic mass is 32.2. The zero-order valence-corrected chi connectivity index (χ0v) is 12.2. The van der Waals surface area contributed by atoms with Gasteiger partial charge in [0.2, 0.25) is 0 Å². The monoisotopic (exact) mass is 267 g/mol. The van der Waals surface area contributed by atoms with Crippen LogP contribution < -0.4 is 5.32 Å². The Morgan fingerprint density at radius 2 is 2.29 bits per heavy atom. The molecule has 1 aliphatic heterocycles. The summed E-state index contributed by atoms with van der Waals surface area (Å²) in [5, 5.41) is 3.83. The van der Waals surface area contributed by atoms with Crippen LogP contribution in [0.5, 0.6) is 0 Å². The molecule has 1 aliphatic rings. The molecule has 0 spiro atoms. The summed E-state index contributed by atoms with van der Waals surface area (Å²) >= 11 is 3.93. The van der Waals surface area contributed by atoms with Crippen LogP contribution in [0.2, 0.25) is 0 Å². The van der Waals surface area contributed by atoms with Crippen LogP contribution in [0.15, 0.2) is 29.2 Å². The Hall–Kier alpha value is -0.120. The Kier molecular flexibility index (Phi) is 5.26. The first-order chi connectivity index (χ1) is 8.35. The first-order valence-corrected chi connectivity index (χ1v) is 8.69. The van der Waals surface area contributed by atoms with E-state index in [2.05, 4.69) is 42.8 Å². The first-order valence-electron chi connectivity index (χ1n) is 6.31. The smallest absolute Gasteiger partial charge is 0.0342 e. The molecule has 3 heteroatoms. The van der Waals surface area contributed by atoms with Gasteiger partial charge >= 0.3 is 0 Å². The van der Waals surface area contributed by atoms with E-state index in [1.807, 2.05) is 23.5 Å². The second-order valence-electron chi connectivity index (χ2n) is 4.45. The summed E-state index contributed by atoms with van der Waals surface area (Å²) in [6.45, 7) is 2.28. The minimum Gasteiger partial charge on any atom is -0.306 e. The third kappa shape index (κ3) is 3.43. The van der Waals surface area contributed by atoms with Crippen molar-refractivity contribution in [3.05, 3.63) is 29.8 Å². The summed E-state index contributed by atoms with van der Waals surface area (Å²) in [6, 6.07) is 10.0. The van der Waals surface area contributed by atoms with Crippen LogP contribution in [0.25, 0.3) is 0 Å². The van der Waals surface area contributed by atoms with Crippen molar-refractivity contribution in [3.8, 4) is 0 Å². The van der Waals surface area contributed by atoms with Crippen LogP contribution in [-0.4, -0.2) is 23.8 Å². The Morgan fingerprint density at radius 1 is 1.47 bits per heavy atom. The number of hydrogen-bond acceptors (Lipinski definition) is 3. The van der Waals surface area contributed by atoms with Gasteiger partial charge in [0.25, 0.3) is 0 Å². The molecule has 1 N–H and O–H groups in total. The van der Waals surface area contributed by atoms with E-state index in [1.165, 1.54) is 34.8 Å². The molecule has 0 amide bonds. The fraction of sp³-hybridized carbons (Fsp3) is 0.571. The average molecular weight is 267 g/mol. The maximum Gasteiger partial charge on any atom is 0.0342 e. The molecular formula is C14H21NS2. The van der Waals surface area contributed by atoms with Gasteiger partial charge in [-0.1, -0.05) is 25.1 Å². The minimum atomic E-state index is 0.560. The van der Waals surface area contributed by atoms with Gasteiger partial charge in [-0.3, -0.25) is 0 Å². The summed E-state index contributed by atoms with van der Waals surface area (Å²) in [5.74, 6) is 2.45. The van der Waals surface area contributed by atoms with Crippen LogP contribution in [0, 0.1) is 0 Å². The van der Waals surface area contributed by atoms with Gasteiger partial charge in [-0.2, -0.15) is 11.8 Å². The van der Waals surface area contributed by atoms with Crippen molar-refractivity contribution in [1.29, 1.82) is 0 Å². The molecule has 0 fully saturated rings. The third-order valence-electron chi connectivity index (χ3n) is 3.26. The zero-order chi connectivity index (χ0) is 12.1. The van der Waals surface area contributed by atoms with Crippen molar-refractivity contribution in [3.63, 3.8) is 0 Å². The molecule has 1 aromatic rings. The van der Waals surface area contributed by atoms with Gasteiger partial charge in [0, 0.05) is 22.7 Å². The summed E-state index contributed by atoms with van der Waals surface area (Å²) in [7, 11) is 0. The molecule has 1 aromatic carbocycles. The van der Waals surface area contributed by atoms with Crippen molar-refractivity contribution in [2.24, 2.45) is 0 Å². The molecule has 2 unspecified atom stereocenters. The largest absolute Gasteiger partial charge is 0.306 e. The van der Waals surface area contributed by atoms with E-state index >= 15 is 0 Å². The number of fused-ring (bicyclic) bond motifs is 1. The van der Waals surface area contributed by atoms with Crippen LogP contribution >= 0.6 is 23.5 Å². The van der Waals surface area contributed by atoms with Crippen molar-refractivity contribution < 1.29 is 0 Å². The second kappa shape index (κ2) is 6.72. The topological polar surface area (TPSA) is 12.0 Å². The lowest BCUT2D eigenvalue weighted by Crippen LogP contribution is -2.35. The standard InChI is InChI=1S/C14H21NS2/c1-3-11(10-16-2)15-13-8-9-17-14-7-5-4-6-12(13)14/h4-7,11,13,15H,3,8-10H2,1-2H3. The van der Waals surface area contributed by atoms with Crippen LogP contribution in [-0.2, 0) is 0 Å². The van der Waals surface area contributed by atoms with Gasteiger partial charge in [0.05, 0.1) is 0 Å². The predicted octanol–water partition coefficient (Wildman–Crippen LogP) is 3.95. The Bertz CT molecular complexity index is 354. The highest BCUT2D eigenvalue weighted by molar-refractivity contribution is 7.99. The number of benzene rings is 1. The molecule has 1 heterocycles. The molecule has 0 aliphatic carbocycles. The molecular weight excluding hydrogens is 246 g/mol. The highest BCUT2D eigenvalue weighted by Crippen LogP contribution is 2.36. The van der Waals surface area contributed by atoms with E-state index in [-0.39, 0.29) is 0 Å². The Morgan fingerprint density at radius 3 is 3.06 bits per heavy atom. The summed E-state index contributed by atoms with van der Waals surface area (Å²) in [4.78, 5) is 1.47. The Labute approximate surface area is 113 Å². The predicted molar refractivity (Wildman–Crippen MR) is 80.1 cm³/mol. The van der Waals surface area contributed by atoms with Crippen LogP contribution in [0.4, 0.5) is 0 Å². The fourth-order valence-corrected chi connectivity index (χ4v) is 4.14. The van der Waals surface area contributed by atoms with Gasteiger partial charge < -0.3 is 5.32 Å². The van der Waals surface area contributed by atoms with Gasteiger partial charge in [-0.05, 0) is 36.5 Å². The third-order valence-corrected chi connectivity index (χ3v) is 5.11. The van der Waals surface area contributed by atoms with E-state index in [4.69, 9.17) is 0 Å². The number of rotatable bonds is 5. The molecule has 2 atom stereocenters. The summed E-state index contributed by atoms with van der Waals surface area (Å²) < 4.78 is 0. The van der Waals surface area contributed by atoms with E-state index in [1.54, 1.807) is 0 Å². The quantitative estimate of drug-likeness (QED) is 0.867. The molecule has 94 valence electrons. The average Bonchev–Trinajstić information content (AvgIpc) is 2.38. The second-order valence-corrected chi connectivity index (χ2v) is 6.50. The first kappa shape index (κ1) is 13.3. The van der Waals surface area contributed by atoms with Gasteiger partial charge in [0.15, 0.2) is 0 Å². The number of hydrogen-bond donors (Lipinski definition) is 1. The van der Waals surface area contributed by atoms with Crippen LogP contribution in [0.3, 0.4) is 0 Å². The van der Waals surface area contributed by atoms with Crippen molar-refractivity contribution in [2.45, 2.75) is 36.7 Å². The van der Waals surface area contributed by atoms with Crippen molar-refractivity contribution in [2.75, 3.05) is 17.8 Å². The molecule has 2 rings (SSSR count). The molecule has 0 bridgehead atoms. The SMILES string of the molecule is CCC(CSC)NC1CCSc2ccccc21. The number of thioether (sulfide) groups is 2. The molecule has 0 aromatic heterocycles. The summed E-state index contributed by atoms with van der Waals surface area (Å²) in [5.41, 5.74) is 1.50. The zero-order valence-electron chi connectivity index (χ0n) is 10.6. The fourth-order valence-electron chi connectivity index (χ4n) is 2.28. The van der Waals surface area contributed by atoms with Crippen molar-refractivity contribution >= 4 is 23.5 Å². The summed E-state index contributed by atoms with van der Waals surface area (Å²) in [6.07, 6.45) is 4.66. The van der Waals surface area contributed by atoms with Crippen LogP contribution in [0.1, 0.15) is 31.4 Å². The van der Waals surface area contributed by atoms with Gasteiger partial charge in [-0.15, -0.1) is 11.8 Å². The van der Waals surface area contributed by atoms with Gasteiger partial charge in [-0.25, -0.2) is 0 Å². The maximum atomic E-state index is 3.83. The Balaban J connectivity index is 2.07. The minimum absolute atomic E-state index is 0.560. The maximum absolute atomic E-state index is 3.83. The van der Waals surface area contributed by atoms with Gasteiger partial charge in [0.1, 0.15) is 0 Å². The van der Waals surface area contributed by atoms with E-state index in [0.717, 1.165) is 0 Å². The van der Waals surface area contributed by atoms with E-state index in [9.17, 15) is 0 Å². The van der Waals surface area contributed by atoms with E-state index < -0.39 is 0 Å². The molecule has 0 radical (unpaired) electrons. The number of nitrogens with one attached hydrogen (secondary N) is 1. The molecule has 0 saturated heterocycles. The normalized spacial score (nSPS) is 20.9. The highest BCUT2D eigenvalue weighted by Gasteiger charge is 2.21. The molecule has 1 nitrogen and oxygen atoms in total. The molecule has 0 saturated carbocycles. The lowest BCUT2D eigenvalue weighted by molar-refractivity contribution is 0.436. The van der Waals surface area contributed by atoms with E-state index in [0.29, 0.717) is 12.1 Å². The molecule has 17 heavy (non-hydrogen) atoms. The lowest BCUT2D eigenvalue weighted by Gasteiger charge is -2.29. The van der Waals surface area contributed by atoms with Crippen molar-refractivity contribution in [1.82, 2.24) is 5.32 Å².